The first-order valence-electron chi connectivity index (χ1n) is 8.33. The van der Waals surface area contributed by atoms with Gasteiger partial charge >= 0.3 is 0 Å². The maximum atomic E-state index is 12.2. The molecule has 3 rings (SSSR count). The molecule has 0 spiro atoms. The van der Waals surface area contributed by atoms with Gasteiger partial charge in [-0.05, 0) is 25.1 Å². The Morgan fingerprint density at radius 2 is 1.76 bits per heavy atom. The number of carbonyl (C=O) groups excluding carboxylic acids is 1. The lowest BCUT2D eigenvalue weighted by atomic mass is 10.2. The molecule has 8 heteroatoms. The molecule has 25 heavy (non-hydrogen) atoms. The third-order valence-electron chi connectivity index (χ3n) is 4.33. The molecule has 134 valence electrons. The van der Waals surface area contributed by atoms with Crippen LogP contribution in [0.4, 0.5) is 5.69 Å². The van der Waals surface area contributed by atoms with E-state index >= 15 is 0 Å². The Morgan fingerprint density at radius 1 is 1.12 bits per heavy atom. The first kappa shape index (κ1) is 18.2. The van der Waals surface area contributed by atoms with Crippen molar-refractivity contribution in [2.24, 2.45) is 0 Å². The van der Waals surface area contributed by atoms with Crippen molar-refractivity contribution in [2.75, 3.05) is 38.0 Å². The lowest BCUT2D eigenvalue weighted by molar-refractivity contribution is -1.02. The Bertz CT molecular complexity index is 722. The molecule has 0 bridgehead atoms. The molecule has 1 aliphatic heterocycles. The number of amides is 1. The predicted octanol–water partition coefficient (Wildman–Crippen LogP) is 0.212. The van der Waals surface area contributed by atoms with Crippen molar-refractivity contribution >= 4 is 34.8 Å². The molecule has 1 aromatic carbocycles. The molecular weight excluding hydrogens is 363 g/mol. The topological polar surface area (TPSA) is 64.0 Å². The predicted molar refractivity (Wildman–Crippen MR) is 96.3 cm³/mol. The highest BCUT2D eigenvalue weighted by Gasteiger charge is 2.25. The first-order valence-corrected chi connectivity index (χ1v) is 9.09. The van der Waals surface area contributed by atoms with E-state index < -0.39 is 0 Å². The quantitative estimate of drug-likeness (QED) is 0.690. The van der Waals surface area contributed by atoms with Gasteiger partial charge in [0.1, 0.15) is 44.2 Å². The van der Waals surface area contributed by atoms with Gasteiger partial charge in [-0.2, -0.15) is 0 Å². The second-order valence-corrected chi connectivity index (χ2v) is 7.36. The minimum atomic E-state index is -0.0242. The van der Waals surface area contributed by atoms with Crippen molar-refractivity contribution in [3.8, 4) is 0 Å². The number of hydrogen-bond donors (Lipinski definition) is 3. The molecule has 1 amide bonds. The zero-order valence-corrected chi connectivity index (χ0v) is 15.6. The summed E-state index contributed by atoms with van der Waals surface area (Å²) in [6, 6.07) is 7.02. The van der Waals surface area contributed by atoms with E-state index in [1.807, 2.05) is 13.0 Å². The summed E-state index contributed by atoms with van der Waals surface area (Å²) in [5.74, 6) is 0.820. The number of quaternary nitrogens is 2. The van der Waals surface area contributed by atoms with Gasteiger partial charge in [-0.3, -0.25) is 4.79 Å². The second-order valence-electron chi connectivity index (χ2n) is 6.49. The normalized spacial score (nSPS) is 20.4. The van der Waals surface area contributed by atoms with Crippen LogP contribution < -0.4 is 15.1 Å². The number of benzene rings is 1. The van der Waals surface area contributed by atoms with Crippen LogP contribution in [-0.4, -0.2) is 43.8 Å². The number of piperazine rings is 1. The molecule has 0 unspecified atom stereocenters. The summed E-state index contributed by atoms with van der Waals surface area (Å²) in [6.45, 7) is 7.15. The number of hydrogen-bond acceptors (Lipinski definition) is 3. The van der Waals surface area contributed by atoms with Gasteiger partial charge in [0.2, 0.25) is 0 Å². The highest BCUT2D eigenvalue weighted by molar-refractivity contribution is 6.35. The highest BCUT2D eigenvalue weighted by Crippen LogP contribution is 2.22. The molecule has 1 saturated heterocycles. The van der Waals surface area contributed by atoms with E-state index in [2.05, 4.69) is 10.5 Å². The fourth-order valence-corrected chi connectivity index (χ4v) is 3.65. The van der Waals surface area contributed by atoms with Gasteiger partial charge in [0.25, 0.3) is 5.91 Å². The van der Waals surface area contributed by atoms with Crippen LogP contribution >= 0.6 is 23.2 Å². The third kappa shape index (κ3) is 5.44. The van der Waals surface area contributed by atoms with Crippen molar-refractivity contribution in [1.29, 1.82) is 0 Å². The molecule has 0 radical (unpaired) electrons. The van der Waals surface area contributed by atoms with Crippen LogP contribution in [0.2, 0.25) is 10.0 Å². The summed E-state index contributed by atoms with van der Waals surface area (Å²) in [5, 5.41) is 7.94. The summed E-state index contributed by atoms with van der Waals surface area (Å²) in [5.41, 5.74) is 1.62. The van der Waals surface area contributed by atoms with Crippen molar-refractivity contribution in [2.45, 2.75) is 13.5 Å². The number of nitrogens with one attached hydrogen (secondary N) is 3. The molecule has 2 heterocycles. The van der Waals surface area contributed by atoms with Gasteiger partial charge < -0.3 is 19.6 Å². The van der Waals surface area contributed by atoms with Crippen LogP contribution in [0.5, 0.6) is 0 Å². The second kappa shape index (κ2) is 8.19. The zero-order chi connectivity index (χ0) is 17.8. The molecule has 0 aliphatic carbocycles. The molecular formula is C17H22Cl2N4O2+2. The molecule has 0 saturated carbocycles. The number of aromatic nitrogens is 1. The molecule has 1 fully saturated rings. The first-order chi connectivity index (χ1) is 12.0. The number of anilines is 1. The number of halogens is 2. The standard InChI is InChI=1S/C17H20Cl2N4O2/c1-12-6-16(21-25-12)10-22-2-4-23(5-3-22)11-17(24)20-15-8-13(18)7-14(19)9-15/h6-9H,2-5,10-11H2,1H3,(H,20,24)/p+2. The molecule has 6 nitrogen and oxygen atoms in total. The van der Waals surface area contributed by atoms with E-state index in [0.29, 0.717) is 22.3 Å². The summed E-state index contributed by atoms with van der Waals surface area (Å²) in [4.78, 5) is 15.0. The molecule has 3 N–H and O–H groups in total. The molecule has 0 atom stereocenters. The van der Waals surface area contributed by atoms with Crippen LogP contribution in [-0.2, 0) is 11.3 Å². The molecule has 1 aromatic heterocycles. The van der Waals surface area contributed by atoms with Crippen molar-refractivity contribution in [1.82, 2.24) is 5.16 Å². The Hall–Kier alpha value is -1.60. The van der Waals surface area contributed by atoms with Crippen LogP contribution in [0.25, 0.3) is 0 Å². The van der Waals surface area contributed by atoms with Crippen LogP contribution in [0.3, 0.4) is 0 Å². The maximum absolute atomic E-state index is 12.2. The summed E-state index contributed by atoms with van der Waals surface area (Å²) in [6.07, 6.45) is 0. The van der Waals surface area contributed by atoms with E-state index in [0.717, 1.165) is 44.2 Å². The van der Waals surface area contributed by atoms with Gasteiger partial charge in [0.15, 0.2) is 6.54 Å². The third-order valence-corrected chi connectivity index (χ3v) is 4.77. The highest BCUT2D eigenvalue weighted by atomic mass is 35.5. The number of aryl methyl sites for hydroxylation is 1. The fourth-order valence-electron chi connectivity index (χ4n) is 3.13. The maximum Gasteiger partial charge on any atom is 0.279 e. The molecule has 1 aliphatic rings. The van der Waals surface area contributed by atoms with Crippen LogP contribution in [0.15, 0.2) is 28.8 Å². The zero-order valence-electron chi connectivity index (χ0n) is 14.1. The average Bonchev–Trinajstić information content (AvgIpc) is 2.93. The lowest BCUT2D eigenvalue weighted by Crippen LogP contribution is -3.28. The average molecular weight is 385 g/mol. The van der Waals surface area contributed by atoms with Crippen LogP contribution in [0.1, 0.15) is 11.5 Å². The summed E-state index contributed by atoms with van der Waals surface area (Å²) in [7, 11) is 0. The summed E-state index contributed by atoms with van der Waals surface area (Å²) >= 11 is 11.9. The summed E-state index contributed by atoms with van der Waals surface area (Å²) < 4.78 is 5.11. The van der Waals surface area contributed by atoms with E-state index in [1.165, 1.54) is 9.80 Å². The number of rotatable bonds is 5. The van der Waals surface area contributed by atoms with E-state index in [9.17, 15) is 4.79 Å². The minimum absolute atomic E-state index is 0.0242. The minimum Gasteiger partial charge on any atom is -0.361 e. The monoisotopic (exact) mass is 384 g/mol. The fraction of sp³-hybridized carbons (Fsp3) is 0.412. The van der Waals surface area contributed by atoms with Crippen LogP contribution in [0, 0.1) is 6.92 Å². The smallest absolute Gasteiger partial charge is 0.279 e. The van der Waals surface area contributed by atoms with Crippen molar-refractivity contribution in [3.63, 3.8) is 0 Å². The van der Waals surface area contributed by atoms with Crippen molar-refractivity contribution < 1.29 is 19.1 Å². The van der Waals surface area contributed by atoms with E-state index in [4.69, 9.17) is 27.7 Å². The van der Waals surface area contributed by atoms with Gasteiger partial charge in [0.05, 0.1) is 0 Å². The van der Waals surface area contributed by atoms with Gasteiger partial charge in [-0.15, -0.1) is 0 Å². The largest absolute Gasteiger partial charge is 0.361 e. The van der Waals surface area contributed by atoms with Gasteiger partial charge in [-0.25, -0.2) is 0 Å². The lowest BCUT2D eigenvalue weighted by Gasteiger charge is -2.28. The molecule has 2 aromatic rings. The Labute approximate surface area is 156 Å². The Balaban J connectivity index is 1.44. The van der Waals surface area contributed by atoms with Gasteiger partial charge in [-0.1, -0.05) is 28.4 Å². The van der Waals surface area contributed by atoms with E-state index in [1.54, 1.807) is 18.2 Å². The van der Waals surface area contributed by atoms with Crippen molar-refractivity contribution in [3.05, 3.63) is 45.8 Å². The van der Waals surface area contributed by atoms with E-state index in [-0.39, 0.29) is 5.91 Å². The number of nitrogens with zero attached hydrogens (tertiary/aromatic N) is 1. The SMILES string of the molecule is Cc1cc(C[NH+]2CC[NH+](CC(=O)Nc3cc(Cl)cc(Cl)c3)CC2)no1. The van der Waals surface area contributed by atoms with Gasteiger partial charge in [0, 0.05) is 21.8 Å². The Kier molecular flexibility index (Phi) is 5.96. The Morgan fingerprint density at radius 3 is 2.36 bits per heavy atom. The number of carbonyl (C=O) groups is 1.